The van der Waals surface area contributed by atoms with Crippen LogP contribution in [0.5, 0.6) is 0 Å². The summed E-state index contributed by atoms with van der Waals surface area (Å²) in [6.45, 7) is 14.5. The van der Waals surface area contributed by atoms with Gasteiger partial charge in [0.1, 0.15) is 11.6 Å². The lowest BCUT2D eigenvalue weighted by atomic mass is 9.82. The molecule has 1 aromatic heterocycles. The summed E-state index contributed by atoms with van der Waals surface area (Å²) in [5.41, 5.74) is 1.72. The molecule has 3 rings (SSSR count). The van der Waals surface area contributed by atoms with Gasteiger partial charge in [-0.2, -0.15) is 0 Å². The summed E-state index contributed by atoms with van der Waals surface area (Å²) in [5.74, 6) is 3.19. The van der Waals surface area contributed by atoms with Gasteiger partial charge in [-0.05, 0) is 38.5 Å². The van der Waals surface area contributed by atoms with Crippen molar-refractivity contribution in [2.24, 2.45) is 5.41 Å². The third-order valence-electron chi connectivity index (χ3n) is 4.26. The number of fused-ring (bicyclic) bond motifs is 1. The second-order valence-electron chi connectivity index (χ2n) is 8.61. The summed E-state index contributed by atoms with van der Waals surface area (Å²) in [5, 5.41) is 7.28. The fourth-order valence-electron chi connectivity index (χ4n) is 3.75. The van der Waals surface area contributed by atoms with E-state index in [0.29, 0.717) is 11.3 Å². The summed E-state index contributed by atoms with van der Waals surface area (Å²) >= 11 is 0. The lowest BCUT2D eigenvalue weighted by Crippen LogP contribution is -2.37. The fourth-order valence-corrected chi connectivity index (χ4v) is 3.75. The SMILES string of the molecule is CC(C)(C)CC(C)(C)Nc1c(C2CC2)nc2n1CCNC2. The van der Waals surface area contributed by atoms with Gasteiger partial charge in [0.25, 0.3) is 0 Å². The Bertz CT molecular complexity index is 518. The van der Waals surface area contributed by atoms with Crippen LogP contribution in [0.25, 0.3) is 0 Å². The Morgan fingerprint density at radius 3 is 2.57 bits per heavy atom. The minimum absolute atomic E-state index is 0.0869. The monoisotopic (exact) mass is 290 g/mol. The maximum atomic E-state index is 4.93. The van der Waals surface area contributed by atoms with Crippen molar-refractivity contribution in [3.05, 3.63) is 11.5 Å². The fraction of sp³-hybridized carbons (Fsp3) is 0.824. The lowest BCUT2D eigenvalue weighted by molar-refractivity contribution is 0.301. The first kappa shape index (κ1) is 14.9. The van der Waals surface area contributed by atoms with E-state index in [0.717, 1.165) is 26.1 Å². The molecule has 1 fully saturated rings. The molecule has 1 saturated carbocycles. The predicted molar refractivity (Wildman–Crippen MR) is 87.7 cm³/mol. The zero-order chi connectivity index (χ0) is 15.3. The molecule has 1 aliphatic heterocycles. The number of hydrogen-bond donors (Lipinski definition) is 2. The zero-order valence-corrected chi connectivity index (χ0v) is 14.2. The second-order valence-corrected chi connectivity index (χ2v) is 8.61. The van der Waals surface area contributed by atoms with Gasteiger partial charge in [-0.15, -0.1) is 0 Å². The van der Waals surface area contributed by atoms with Gasteiger partial charge in [0.05, 0.1) is 12.2 Å². The number of aromatic nitrogens is 2. The third-order valence-corrected chi connectivity index (χ3v) is 4.26. The van der Waals surface area contributed by atoms with E-state index >= 15 is 0 Å². The second kappa shape index (κ2) is 5.01. The Labute approximate surface area is 128 Å². The Morgan fingerprint density at radius 2 is 1.95 bits per heavy atom. The number of rotatable bonds is 4. The quantitative estimate of drug-likeness (QED) is 0.892. The number of hydrogen-bond acceptors (Lipinski definition) is 3. The molecule has 0 amide bonds. The summed E-state index contributed by atoms with van der Waals surface area (Å²) in [6, 6.07) is 0. The zero-order valence-electron chi connectivity index (χ0n) is 14.2. The van der Waals surface area contributed by atoms with Gasteiger partial charge < -0.3 is 15.2 Å². The highest BCUT2D eigenvalue weighted by atomic mass is 15.2. The highest BCUT2D eigenvalue weighted by molar-refractivity contribution is 5.49. The molecule has 1 aromatic rings. The first-order valence-corrected chi connectivity index (χ1v) is 8.33. The van der Waals surface area contributed by atoms with Crippen LogP contribution < -0.4 is 10.6 Å². The number of imidazole rings is 1. The molecular formula is C17H30N4. The molecule has 0 aromatic carbocycles. The first-order valence-electron chi connectivity index (χ1n) is 8.33. The summed E-state index contributed by atoms with van der Waals surface area (Å²) in [7, 11) is 0. The molecule has 0 bridgehead atoms. The van der Waals surface area contributed by atoms with Gasteiger partial charge in [0.15, 0.2) is 0 Å². The molecular weight excluding hydrogens is 260 g/mol. The summed E-state index contributed by atoms with van der Waals surface area (Å²) < 4.78 is 2.41. The van der Waals surface area contributed by atoms with Crippen molar-refractivity contribution in [3.8, 4) is 0 Å². The molecule has 0 radical (unpaired) electrons. The van der Waals surface area contributed by atoms with Crippen LogP contribution in [-0.4, -0.2) is 21.6 Å². The van der Waals surface area contributed by atoms with Crippen LogP contribution in [0.3, 0.4) is 0 Å². The Kier molecular flexibility index (Phi) is 3.55. The van der Waals surface area contributed by atoms with Crippen LogP contribution in [0.4, 0.5) is 5.82 Å². The Morgan fingerprint density at radius 1 is 1.24 bits per heavy atom. The molecule has 0 saturated heterocycles. The normalized spacial score (nSPS) is 19.5. The van der Waals surface area contributed by atoms with Crippen molar-refractivity contribution in [3.63, 3.8) is 0 Å². The molecule has 118 valence electrons. The van der Waals surface area contributed by atoms with Crippen molar-refractivity contribution >= 4 is 5.82 Å². The van der Waals surface area contributed by atoms with E-state index < -0.39 is 0 Å². The average molecular weight is 290 g/mol. The van der Waals surface area contributed by atoms with E-state index in [-0.39, 0.29) is 5.54 Å². The topological polar surface area (TPSA) is 41.9 Å². The molecule has 0 unspecified atom stereocenters. The largest absolute Gasteiger partial charge is 0.365 e. The van der Waals surface area contributed by atoms with Crippen LogP contribution in [0.15, 0.2) is 0 Å². The van der Waals surface area contributed by atoms with Crippen molar-refractivity contribution in [1.82, 2.24) is 14.9 Å². The molecule has 2 N–H and O–H groups in total. The van der Waals surface area contributed by atoms with Crippen LogP contribution in [0, 0.1) is 5.41 Å². The Hall–Kier alpha value is -1.03. The molecule has 2 aliphatic rings. The van der Waals surface area contributed by atoms with E-state index in [4.69, 9.17) is 4.98 Å². The van der Waals surface area contributed by atoms with Crippen molar-refractivity contribution in [1.29, 1.82) is 0 Å². The van der Waals surface area contributed by atoms with Gasteiger partial charge >= 0.3 is 0 Å². The predicted octanol–water partition coefficient (Wildman–Crippen LogP) is 3.49. The smallest absolute Gasteiger partial charge is 0.130 e. The maximum absolute atomic E-state index is 4.93. The van der Waals surface area contributed by atoms with Gasteiger partial charge in [0, 0.05) is 24.5 Å². The van der Waals surface area contributed by atoms with E-state index in [1.54, 1.807) is 0 Å². The molecule has 0 atom stereocenters. The lowest BCUT2D eigenvalue weighted by Gasteiger charge is -2.35. The van der Waals surface area contributed by atoms with Crippen molar-refractivity contribution < 1.29 is 0 Å². The third kappa shape index (κ3) is 3.42. The molecule has 1 aliphatic carbocycles. The van der Waals surface area contributed by atoms with Crippen LogP contribution in [-0.2, 0) is 13.1 Å². The van der Waals surface area contributed by atoms with E-state index in [1.165, 1.54) is 30.2 Å². The van der Waals surface area contributed by atoms with Gasteiger partial charge in [0.2, 0.25) is 0 Å². The van der Waals surface area contributed by atoms with Crippen LogP contribution in [0.1, 0.15) is 71.3 Å². The molecule has 2 heterocycles. The maximum Gasteiger partial charge on any atom is 0.130 e. The van der Waals surface area contributed by atoms with Crippen molar-refractivity contribution in [2.75, 3.05) is 11.9 Å². The average Bonchev–Trinajstić information content (AvgIpc) is 3.11. The van der Waals surface area contributed by atoms with Gasteiger partial charge in [-0.3, -0.25) is 0 Å². The summed E-state index contributed by atoms with van der Waals surface area (Å²) in [4.78, 5) is 4.93. The van der Waals surface area contributed by atoms with E-state index in [9.17, 15) is 0 Å². The van der Waals surface area contributed by atoms with Gasteiger partial charge in [-0.1, -0.05) is 20.8 Å². The number of anilines is 1. The highest BCUT2D eigenvalue weighted by Gasteiger charge is 2.35. The first-order chi connectivity index (χ1) is 9.75. The summed E-state index contributed by atoms with van der Waals surface area (Å²) in [6.07, 6.45) is 3.75. The van der Waals surface area contributed by atoms with Crippen LogP contribution in [0.2, 0.25) is 0 Å². The minimum Gasteiger partial charge on any atom is -0.365 e. The molecule has 4 nitrogen and oxygen atoms in total. The van der Waals surface area contributed by atoms with Gasteiger partial charge in [-0.25, -0.2) is 4.98 Å². The standard InChI is InChI=1S/C17H30N4/c1-16(2,3)11-17(4,5)20-15-14(12-6-7-12)19-13-10-18-8-9-21(13)15/h12,18,20H,6-11H2,1-5H3. The molecule has 0 spiro atoms. The highest BCUT2D eigenvalue weighted by Crippen LogP contribution is 2.44. The number of nitrogens with zero attached hydrogens (tertiary/aromatic N) is 2. The van der Waals surface area contributed by atoms with E-state index in [1.807, 2.05) is 0 Å². The number of nitrogens with one attached hydrogen (secondary N) is 2. The van der Waals surface area contributed by atoms with Crippen LogP contribution >= 0.6 is 0 Å². The molecule has 21 heavy (non-hydrogen) atoms. The van der Waals surface area contributed by atoms with E-state index in [2.05, 4.69) is 49.8 Å². The Balaban J connectivity index is 1.88. The minimum atomic E-state index is 0.0869. The van der Waals surface area contributed by atoms with Crippen molar-refractivity contribution in [2.45, 2.75) is 78.4 Å². The molecule has 4 heteroatoms.